The molecule has 5 heteroatoms. The smallest absolute Gasteiger partial charge is 0.384 e. The molecular formula is C12H25NO2Si2. The molecule has 0 heterocycles. The minimum Gasteiger partial charge on any atom is -0.456 e. The summed E-state index contributed by atoms with van der Waals surface area (Å²) >= 11 is 0. The molecule has 3 nitrogen and oxygen atoms in total. The lowest BCUT2D eigenvalue weighted by atomic mass is 10.6. The van der Waals surface area contributed by atoms with E-state index in [9.17, 15) is 4.79 Å². The molecule has 0 atom stereocenters. The molecule has 0 aromatic carbocycles. The zero-order valence-corrected chi connectivity index (χ0v) is 14.2. The summed E-state index contributed by atoms with van der Waals surface area (Å²) in [5.41, 5.74) is 0. The molecule has 17 heavy (non-hydrogen) atoms. The van der Waals surface area contributed by atoms with Gasteiger partial charge in [0, 0.05) is 12.5 Å². The summed E-state index contributed by atoms with van der Waals surface area (Å²) in [7, 11) is -2.74. The fourth-order valence-corrected chi connectivity index (χ4v) is 11.0. The Morgan fingerprint density at radius 2 is 1.59 bits per heavy atom. The first-order valence-electron chi connectivity index (χ1n) is 6.02. The predicted molar refractivity (Wildman–Crippen MR) is 77.8 cm³/mol. The van der Waals surface area contributed by atoms with Gasteiger partial charge in [-0.2, -0.15) is 0 Å². The van der Waals surface area contributed by atoms with Gasteiger partial charge in [-0.15, -0.1) is 0 Å². The number of ether oxygens (including phenoxy) is 1. The number of carbonyl (C=O) groups is 1. The number of nitrogens with zero attached hydrogens (tertiary/aromatic N) is 1. The van der Waals surface area contributed by atoms with Crippen molar-refractivity contribution < 1.29 is 9.53 Å². The minimum absolute atomic E-state index is 0.388. The van der Waals surface area contributed by atoms with Gasteiger partial charge in [0.05, 0.1) is 6.61 Å². The molecule has 0 spiro atoms. The van der Waals surface area contributed by atoms with E-state index in [0.717, 1.165) is 0 Å². The van der Waals surface area contributed by atoms with Crippen LogP contribution in [0.15, 0.2) is 0 Å². The molecule has 0 unspecified atom stereocenters. The van der Waals surface area contributed by atoms with Crippen LogP contribution in [0.3, 0.4) is 0 Å². The van der Waals surface area contributed by atoms with Gasteiger partial charge in [0.15, 0.2) is 0 Å². The van der Waals surface area contributed by atoms with Crippen molar-refractivity contribution in [1.29, 1.82) is 0 Å². The van der Waals surface area contributed by atoms with Gasteiger partial charge in [0.2, 0.25) is 0 Å². The number of hydrogen-bond acceptors (Lipinski definition) is 3. The molecule has 0 radical (unpaired) electrons. The van der Waals surface area contributed by atoms with Gasteiger partial charge >= 0.3 is 5.97 Å². The summed E-state index contributed by atoms with van der Waals surface area (Å²) < 4.78 is 7.32. The Morgan fingerprint density at radius 1 is 1.12 bits per heavy atom. The molecule has 0 N–H and O–H groups in total. The molecule has 0 fully saturated rings. The Hall–Kier alpha value is -0.576. The summed E-state index contributed by atoms with van der Waals surface area (Å²) in [6.07, 6.45) is 0. The van der Waals surface area contributed by atoms with Crippen LogP contribution in [0.1, 0.15) is 6.92 Å². The van der Waals surface area contributed by atoms with Gasteiger partial charge in [0.1, 0.15) is 16.5 Å². The Kier molecular flexibility index (Phi) is 6.17. The second-order valence-electron chi connectivity index (χ2n) is 5.95. The molecule has 0 saturated heterocycles. The molecule has 0 saturated carbocycles. The first-order valence-corrected chi connectivity index (χ1v) is 12.9. The van der Waals surface area contributed by atoms with Gasteiger partial charge in [-0.25, -0.2) is 4.79 Å². The number of esters is 1. The molecule has 0 rings (SSSR count). The fraction of sp³-hybridized carbons (Fsp3) is 0.750. The van der Waals surface area contributed by atoms with Gasteiger partial charge in [0.25, 0.3) is 0 Å². The maximum atomic E-state index is 11.1. The zero-order valence-electron chi connectivity index (χ0n) is 12.2. The molecule has 0 aliphatic carbocycles. The van der Waals surface area contributed by atoms with Gasteiger partial charge in [-0.05, 0) is 6.92 Å². The third kappa shape index (κ3) is 6.66. The fourth-order valence-electron chi connectivity index (χ4n) is 1.84. The summed E-state index contributed by atoms with van der Waals surface area (Å²) in [6.45, 7) is 16.8. The van der Waals surface area contributed by atoms with E-state index < -0.39 is 22.4 Å². The second-order valence-corrected chi connectivity index (χ2v) is 16.2. The van der Waals surface area contributed by atoms with Crippen molar-refractivity contribution in [3.63, 3.8) is 0 Å². The van der Waals surface area contributed by atoms with Crippen molar-refractivity contribution in [2.24, 2.45) is 0 Å². The quantitative estimate of drug-likeness (QED) is 0.341. The first kappa shape index (κ1) is 16.4. The van der Waals surface area contributed by atoms with Crippen LogP contribution in [0.2, 0.25) is 39.3 Å². The average molecular weight is 272 g/mol. The lowest BCUT2D eigenvalue weighted by Gasteiger charge is -2.42. The van der Waals surface area contributed by atoms with Crippen molar-refractivity contribution >= 4 is 22.4 Å². The van der Waals surface area contributed by atoms with E-state index in [-0.39, 0.29) is 0 Å². The van der Waals surface area contributed by atoms with Crippen LogP contribution in [-0.4, -0.2) is 39.8 Å². The summed E-state index contributed by atoms with van der Waals surface area (Å²) in [5.74, 6) is 5.09. The molecule has 98 valence electrons. The Balaban J connectivity index is 4.64. The van der Waals surface area contributed by atoms with Gasteiger partial charge in [-0.1, -0.05) is 45.2 Å². The molecule has 0 aliphatic heterocycles. The highest BCUT2D eigenvalue weighted by Crippen LogP contribution is 2.18. The summed E-state index contributed by atoms with van der Waals surface area (Å²) in [5, 5.41) is 0. The molecular weight excluding hydrogens is 246 g/mol. The van der Waals surface area contributed by atoms with E-state index in [1.54, 1.807) is 6.92 Å². The number of hydrogen-bond donors (Lipinski definition) is 0. The van der Waals surface area contributed by atoms with Crippen LogP contribution in [-0.2, 0) is 9.53 Å². The lowest BCUT2D eigenvalue weighted by Crippen LogP contribution is -2.59. The third-order valence-electron chi connectivity index (χ3n) is 2.32. The number of carbonyl (C=O) groups excluding carboxylic acids is 1. The first-order chi connectivity index (χ1) is 7.59. The maximum Gasteiger partial charge on any atom is 0.384 e. The number of rotatable bonds is 4. The largest absolute Gasteiger partial charge is 0.456 e. The van der Waals surface area contributed by atoms with Crippen molar-refractivity contribution in [3.8, 4) is 11.8 Å². The van der Waals surface area contributed by atoms with Crippen LogP contribution in [0.25, 0.3) is 0 Å². The van der Waals surface area contributed by atoms with Crippen LogP contribution in [0.5, 0.6) is 0 Å². The molecule has 0 aliphatic rings. The van der Waals surface area contributed by atoms with E-state index in [4.69, 9.17) is 4.74 Å². The Bertz CT molecular complexity index is 304. The SMILES string of the molecule is CCOC(=O)C#CCN([Si](C)(C)C)[Si](C)(C)C. The van der Waals surface area contributed by atoms with Crippen LogP contribution in [0.4, 0.5) is 0 Å². The van der Waals surface area contributed by atoms with Crippen molar-refractivity contribution in [3.05, 3.63) is 0 Å². The molecule has 0 aromatic heterocycles. The monoisotopic (exact) mass is 271 g/mol. The van der Waals surface area contributed by atoms with Crippen molar-refractivity contribution in [2.75, 3.05) is 13.2 Å². The summed E-state index contributed by atoms with van der Waals surface area (Å²) in [4.78, 5) is 11.1. The minimum atomic E-state index is -1.37. The van der Waals surface area contributed by atoms with Gasteiger partial charge in [-0.3, -0.25) is 0 Å². The Morgan fingerprint density at radius 3 is 1.94 bits per heavy atom. The van der Waals surface area contributed by atoms with E-state index >= 15 is 0 Å². The zero-order chi connectivity index (χ0) is 13.7. The molecule has 0 bridgehead atoms. The lowest BCUT2D eigenvalue weighted by molar-refractivity contribution is -0.136. The van der Waals surface area contributed by atoms with E-state index in [0.29, 0.717) is 13.2 Å². The highest BCUT2D eigenvalue weighted by molar-refractivity contribution is 6.89. The predicted octanol–water partition coefficient (Wildman–Crippen LogP) is 2.52. The van der Waals surface area contributed by atoms with Gasteiger partial charge < -0.3 is 8.97 Å². The molecule has 0 amide bonds. The average Bonchev–Trinajstić information content (AvgIpc) is 2.08. The maximum absolute atomic E-state index is 11.1. The highest BCUT2D eigenvalue weighted by Gasteiger charge is 2.33. The van der Waals surface area contributed by atoms with Crippen molar-refractivity contribution in [1.82, 2.24) is 4.23 Å². The molecule has 0 aromatic rings. The summed E-state index contributed by atoms with van der Waals surface area (Å²) in [6, 6.07) is 0. The van der Waals surface area contributed by atoms with E-state index in [1.807, 2.05) is 0 Å². The van der Waals surface area contributed by atoms with E-state index in [1.165, 1.54) is 0 Å². The Labute approximate surface area is 108 Å². The topological polar surface area (TPSA) is 29.5 Å². The van der Waals surface area contributed by atoms with Crippen LogP contribution < -0.4 is 0 Å². The normalized spacial score (nSPS) is 12.0. The second kappa shape index (κ2) is 6.38. The van der Waals surface area contributed by atoms with Crippen LogP contribution >= 0.6 is 0 Å². The van der Waals surface area contributed by atoms with E-state index in [2.05, 4.69) is 55.4 Å². The highest BCUT2D eigenvalue weighted by atomic mass is 28.4. The third-order valence-corrected chi connectivity index (χ3v) is 9.90. The van der Waals surface area contributed by atoms with Crippen LogP contribution in [0, 0.1) is 11.8 Å². The standard InChI is InChI=1S/C12H25NO2Si2/c1-8-15-12(14)10-9-11-13(16(2,3)4)17(5,6)7/h8,11H2,1-7H3. The van der Waals surface area contributed by atoms with Crippen molar-refractivity contribution in [2.45, 2.75) is 46.2 Å².